The highest BCUT2D eigenvalue weighted by Gasteiger charge is 2.10. The zero-order chi connectivity index (χ0) is 11.0. The standard InChI is InChI=1S/C11H14N4/c1-7-9(5-4-6-10(7)12)11-14-13-8(2)15(11)3/h4-6H,12H2,1-3H3. The van der Waals surface area contributed by atoms with Gasteiger partial charge in [-0.3, -0.25) is 0 Å². The van der Waals surface area contributed by atoms with Gasteiger partial charge >= 0.3 is 0 Å². The van der Waals surface area contributed by atoms with E-state index in [1.165, 1.54) is 0 Å². The van der Waals surface area contributed by atoms with E-state index in [-0.39, 0.29) is 0 Å². The van der Waals surface area contributed by atoms with Crippen molar-refractivity contribution in [3.63, 3.8) is 0 Å². The van der Waals surface area contributed by atoms with Crippen molar-refractivity contribution in [3.05, 3.63) is 29.6 Å². The Bertz CT molecular complexity index is 499. The molecule has 0 saturated heterocycles. The topological polar surface area (TPSA) is 56.7 Å². The Hall–Kier alpha value is -1.84. The molecule has 0 fully saturated rings. The predicted octanol–water partition coefficient (Wildman–Crippen LogP) is 1.68. The maximum Gasteiger partial charge on any atom is 0.164 e. The Kier molecular flexibility index (Phi) is 2.19. The molecule has 0 radical (unpaired) electrons. The zero-order valence-electron chi connectivity index (χ0n) is 9.15. The van der Waals surface area contributed by atoms with Gasteiger partial charge in [-0.1, -0.05) is 12.1 Å². The van der Waals surface area contributed by atoms with Crippen LogP contribution in [0, 0.1) is 13.8 Å². The molecule has 0 aliphatic heterocycles. The summed E-state index contributed by atoms with van der Waals surface area (Å²) in [7, 11) is 1.95. The molecular formula is C11H14N4. The lowest BCUT2D eigenvalue weighted by molar-refractivity contribution is 0.864. The van der Waals surface area contributed by atoms with Crippen LogP contribution in [0.1, 0.15) is 11.4 Å². The van der Waals surface area contributed by atoms with Crippen LogP contribution in [0.15, 0.2) is 18.2 Å². The smallest absolute Gasteiger partial charge is 0.164 e. The second-order valence-electron chi connectivity index (χ2n) is 3.65. The minimum Gasteiger partial charge on any atom is -0.398 e. The van der Waals surface area contributed by atoms with Crippen molar-refractivity contribution in [2.45, 2.75) is 13.8 Å². The van der Waals surface area contributed by atoms with Crippen LogP contribution in [-0.2, 0) is 7.05 Å². The molecule has 0 aliphatic rings. The maximum atomic E-state index is 5.86. The number of hydrogen-bond acceptors (Lipinski definition) is 3. The lowest BCUT2D eigenvalue weighted by Crippen LogP contribution is -1.98. The van der Waals surface area contributed by atoms with Crippen molar-refractivity contribution in [1.29, 1.82) is 0 Å². The molecule has 0 amide bonds. The minimum atomic E-state index is 0.785. The number of aryl methyl sites for hydroxylation is 1. The Morgan fingerprint density at radius 3 is 2.53 bits per heavy atom. The molecule has 1 aromatic heterocycles. The van der Waals surface area contributed by atoms with Gasteiger partial charge in [0.1, 0.15) is 5.82 Å². The van der Waals surface area contributed by atoms with Crippen LogP contribution in [0.25, 0.3) is 11.4 Å². The minimum absolute atomic E-state index is 0.785. The molecule has 0 aliphatic carbocycles. The summed E-state index contributed by atoms with van der Waals surface area (Å²) in [5.74, 6) is 1.75. The first-order chi connectivity index (χ1) is 7.11. The fourth-order valence-electron chi connectivity index (χ4n) is 1.54. The van der Waals surface area contributed by atoms with E-state index in [4.69, 9.17) is 5.73 Å². The number of anilines is 1. The molecule has 1 heterocycles. The van der Waals surface area contributed by atoms with Gasteiger partial charge in [0, 0.05) is 18.3 Å². The number of benzene rings is 1. The number of nitrogen functional groups attached to an aromatic ring is 1. The summed E-state index contributed by atoms with van der Waals surface area (Å²) in [6.45, 7) is 3.92. The van der Waals surface area contributed by atoms with E-state index < -0.39 is 0 Å². The molecule has 4 nitrogen and oxygen atoms in total. The molecule has 2 N–H and O–H groups in total. The lowest BCUT2D eigenvalue weighted by Gasteiger charge is -2.07. The molecule has 0 bridgehead atoms. The first-order valence-electron chi connectivity index (χ1n) is 4.82. The average molecular weight is 202 g/mol. The highest BCUT2D eigenvalue weighted by atomic mass is 15.3. The van der Waals surface area contributed by atoms with Crippen molar-refractivity contribution in [1.82, 2.24) is 14.8 Å². The van der Waals surface area contributed by atoms with E-state index in [1.54, 1.807) is 0 Å². The van der Waals surface area contributed by atoms with Gasteiger partial charge in [0.2, 0.25) is 0 Å². The van der Waals surface area contributed by atoms with Crippen LogP contribution in [0.5, 0.6) is 0 Å². The van der Waals surface area contributed by atoms with Crippen molar-refractivity contribution in [3.8, 4) is 11.4 Å². The van der Waals surface area contributed by atoms with Gasteiger partial charge in [-0.15, -0.1) is 10.2 Å². The van der Waals surface area contributed by atoms with E-state index >= 15 is 0 Å². The third kappa shape index (κ3) is 1.48. The first kappa shape index (κ1) is 9.71. The molecule has 2 rings (SSSR count). The Labute approximate surface area is 88.8 Å². The second-order valence-corrected chi connectivity index (χ2v) is 3.65. The summed E-state index contributed by atoms with van der Waals surface area (Å²) in [6.07, 6.45) is 0. The van der Waals surface area contributed by atoms with E-state index in [2.05, 4.69) is 10.2 Å². The number of nitrogens with zero attached hydrogens (tertiary/aromatic N) is 3. The number of nitrogens with two attached hydrogens (primary N) is 1. The van der Waals surface area contributed by atoms with Gasteiger partial charge < -0.3 is 10.3 Å². The highest BCUT2D eigenvalue weighted by Crippen LogP contribution is 2.25. The van der Waals surface area contributed by atoms with Crippen LogP contribution in [-0.4, -0.2) is 14.8 Å². The fourth-order valence-corrected chi connectivity index (χ4v) is 1.54. The lowest BCUT2D eigenvalue weighted by atomic mass is 10.1. The normalized spacial score (nSPS) is 10.6. The summed E-state index contributed by atoms with van der Waals surface area (Å²) < 4.78 is 1.96. The number of aromatic nitrogens is 3. The van der Waals surface area contributed by atoms with Crippen LogP contribution in [0.2, 0.25) is 0 Å². The summed E-state index contributed by atoms with van der Waals surface area (Å²) in [4.78, 5) is 0. The monoisotopic (exact) mass is 202 g/mol. The van der Waals surface area contributed by atoms with Crippen molar-refractivity contribution >= 4 is 5.69 Å². The molecule has 2 aromatic rings. The van der Waals surface area contributed by atoms with Crippen molar-refractivity contribution in [2.75, 3.05) is 5.73 Å². The van der Waals surface area contributed by atoms with Crippen molar-refractivity contribution in [2.24, 2.45) is 7.05 Å². The van der Waals surface area contributed by atoms with Crippen LogP contribution < -0.4 is 5.73 Å². The molecule has 0 atom stereocenters. The van der Waals surface area contributed by atoms with Crippen LogP contribution in [0.4, 0.5) is 5.69 Å². The summed E-state index contributed by atoms with van der Waals surface area (Å²) in [5.41, 5.74) is 8.73. The third-order valence-electron chi connectivity index (χ3n) is 2.71. The molecule has 15 heavy (non-hydrogen) atoms. The van der Waals surface area contributed by atoms with Crippen LogP contribution in [0.3, 0.4) is 0 Å². The molecule has 1 aromatic carbocycles. The van der Waals surface area contributed by atoms with Gasteiger partial charge in [-0.25, -0.2) is 0 Å². The Morgan fingerprint density at radius 2 is 1.93 bits per heavy atom. The summed E-state index contributed by atoms with van der Waals surface area (Å²) >= 11 is 0. The largest absolute Gasteiger partial charge is 0.398 e. The SMILES string of the molecule is Cc1c(N)cccc1-c1nnc(C)n1C. The van der Waals surface area contributed by atoms with E-state index in [1.807, 2.05) is 43.7 Å². The molecular weight excluding hydrogens is 188 g/mol. The average Bonchev–Trinajstić information content (AvgIpc) is 2.53. The highest BCUT2D eigenvalue weighted by molar-refractivity contribution is 5.67. The van der Waals surface area contributed by atoms with Crippen molar-refractivity contribution < 1.29 is 0 Å². The summed E-state index contributed by atoms with van der Waals surface area (Å²) in [5, 5.41) is 8.18. The second kappa shape index (κ2) is 3.38. The third-order valence-corrected chi connectivity index (χ3v) is 2.71. The quantitative estimate of drug-likeness (QED) is 0.716. The van der Waals surface area contributed by atoms with Gasteiger partial charge in [0.25, 0.3) is 0 Å². The van der Waals surface area contributed by atoms with Gasteiger partial charge in [-0.2, -0.15) is 0 Å². The van der Waals surface area contributed by atoms with Crippen LogP contribution >= 0.6 is 0 Å². The number of rotatable bonds is 1. The predicted molar refractivity (Wildman–Crippen MR) is 60.3 cm³/mol. The van der Waals surface area contributed by atoms with E-state index in [0.717, 1.165) is 28.5 Å². The Balaban J connectivity index is 2.64. The maximum absolute atomic E-state index is 5.86. The number of hydrogen-bond donors (Lipinski definition) is 1. The molecule has 0 spiro atoms. The fraction of sp³-hybridized carbons (Fsp3) is 0.273. The Morgan fingerprint density at radius 1 is 1.20 bits per heavy atom. The molecule has 78 valence electrons. The van der Waals surface area contributed by atoms with E-state index in [0.29, 0.717) is 0 Å². The summed E-state index contributed by atoms with van der Waals surface area (Å²) in [6, 6.07) is 5.83. The van der Waals surface area contributed by atoms with Gasteiger partial charge in [0.05, 0.1) is 0 Å². The van der Waals surface area contributed by atoms with E-state index in [9.17, 15) is 0 Å². The van der Waals surface area contributed by atoms with Gasteiger partial charge in [-0.05, 0) is 25.5 Å². The first-order valence-corrected chi connectivity index (χ1v) is 4.82. The molecule has 0 unspecified atom stereocenters. The van der Waals surface area contributed by atoms with Gasteiger partial charge in [0.15, 0.2) is 5.82 Å². The zero-order valence-corrected chi connectivity index (χ0v) is 9.15. The molecule has 0 saturated carbocycles. The molecule has 4 heteroatoms.